The zero-order valence-electron chi connectivity index (χ0n) is 14.2. The molecule has 1 fully saturated rings. The van der Waals surface area contributed by atoms with E-state index in [1.807, 2.05) is 26.8 Å². The Kier molecular flexibility index (Phi) is 4.60. The van der Waals surface area contributed by atoms with Crippen LogP contribution in [-0.4, -0.2) is 41.8 Å². The van der Waals surface area contributed by atoms with E-state index in [9.17, 15) is 9.18 Å². The number of nitrogens with zero attached hydrogens (tertiary/aromatic N) is 1. The summed E-state index contributed by atoms with van der Waals surface area (Å²) in [5.41, 5.74) is 1.27. The maximum absolute atomic E-state index is 13.0. The van der Waals surface area contributed by atoms with E-state index < -0.39 is 5.60 Å². The minimum atomic E-state index is -0.535. The number of fused-ring (bicyclic) bond motifs is 1. The van der Waals surface area contributed by atoms with Crippen LogP contribution >= 0.6 is 0 Å². The van der Waals surface area contributed by atoms with E-state index in [0.29, 0.717) is 19.7 Å². The highest BCUT2D eigenvalue weighted by molar-refractivity contribution is 5.72. The number of nitrogens with one attached hydrogen (secondary N) is 1. The lowest BCUT2D eigenvalue weighted by molar-refractivity contribution is 0.0163. The zero-order valence-corrected chi connectivity index (χ0v) is 14.2. The lowest BCUT2D eigenvalue weighted by Gasteiger charge is -2.25. The Morgan fingerprint density at radius 2 is 2.04 bits per heavy atom. The van der Waals surface area contributed by atoms with Crippen LogP contribution in [0.25, 0.3) is 0 Å². The molecule has 1 aromatic carbocycles. The Morgan fingerprint density at radius 1 is 1.33 bits per heavy atom. The number of carbonyl (C=O) groups excluding carboxylic acids is 1. The van der Waals surface area contributed by atoms with Gasteiger partial charge in [-0.1, -0.05) is 12.1 Å². The minimum Gasteiger partial charge on any atom is -0.443 e. The van der Waals surface area contributed by atoms with Crippen LogP contribution in [0.3, 0.4) is 0 Å². The monoisotopic (exact) mass is 334 g/mol. The predicted octanol–water partition coefficient (Wildman–Crippen LogP) is 2.82. The van der Waals surface area contributed by atoms with E-state index in [1.165, 1.54) is 12.1 Å². The fraction of sp³-hybridized carbons (Fsp3) is 0.500. The van der Waals surface area contributed by atoms with Crippen LogP contribution in [0.4, 0.5) is 9.18 Å². The van der Waals surface area contributed by atoms with Crippen LogP contribution in [0.1, 0.15) is 26.3 Å². The van der Waals surface area contributed by atoms with Gasteiger partial charge < -0.3 is 14.8 Å². The maximum Gasteiger partial charge on any atom is 0.414 e. The van der Waals surface area contributed by atoms with Gasteiger partial charge in [-0.2, -0.15) is 0 Å². The molecule has 1 N–H and O–H groups in total. The topological polar surface area (TPSA) is 50.8 Å². The maximum atomic E-state index is 13.0. The summed E-state index contributed by atoms with van der Waals surface area (Å²) >= 11 is 0. The molecular formula is C18H23FN2O3. The molecule has 2 aliphatic heterocycles. The Bertz CT molecular complexity index is 637. The first-order chi connectivity index (χ1) is 11.3. The van der Waals surface area contributed by atoms with Crippen LogP contribution in [0, 0.1) is 5.82 Å². The van der Waals surface area contributed by atoms with Gasteiger partial charge in [-0.25, -0.2) is 9.18 Å². The third kappa shape index (κ3) is 3.76. The van der Waals surface area contributed by atoms with Crippen molar-refractivity contribution in [3.8, 4) is 0 Å². The SMILES string of the molecule is CC(C)(C)OC(=O)N1CC(OCc2ccc(F)cc2)C2NCC=C21. The van der Waals surface area contributed by atoms with Crippen molar-refractivity contribution in [2.45, 2.75) is 45.1 Å². The molecule has 6 heteroatoms. The molecule has 0 saturated carbocycles. The molecule has 0 radical (unpaired) electrons. The molecule has 0 aliphatic carbocycles. The summed E-state index contributed by atoms with van der Waals surface area (Å²) < 4.78 is 24.4. The largest absolute Gasteiger partial charge is 0.443 e. The highest BCUT2D eigenvalue weighted by Crippen LogP contribution is 2.29. The molecular weight excluding hydrogens is 311 g/mol. The minimum absolute atomic E-state index is 0.0158. The number of carbonyl (C=O) groups is 1. The van der Waals surface area contributed by atoms with Crippen LogP contribution < -0.4 is 5.32 Å². The lowest BCUT2D eigenvalue weighted by atomic mass is 10.2. The second kappa shape index (κ2) is 6.53. The van der Waals surface area contributed by atoms with Crippen molar-refractivity contribution in [2.75, 3.05) is 13.1 Å². The van der Waals surface area contributed by atoms with Gasteiger partial charge in [-0.15, -0.1) is 0 Å². The lowest BCUT2D eigenvalue weighted by Crippen LogP contribution is -2.36. The van der Waals surface area contributed by atoms with Crippen molar-refractivity contribution < 1.29 is 18.7 Å². The summed E-state index contributed by atoms with van der Waals surface area (Å²) in [4.78, 5) is 14.0. The van der Waals surface area contributed by atoms with Crippen LogP contribution in [0.5, 0.6) is 0 Å². The average Bonchev–Trinajstić information content (AvgIpc) is 3.07. The summed E-state index contributed by atoms with van der Waals surface area (Å²) in [7, 11) is 0. The van der Waals surface area contributed by atoms with Crippen LogP contribution in [-0.2, 0) is 16.1 Å². The fourth-order valence-corrected chi connectivity index (χ4v) is 2.94. The van der Waals surface area contributed by atoms with Gasteiger partial charge in [-0.3, -0.25) is 4.90 Å². The highest BCUT2D eigenvalue weighted by Gasteiger charge is 2.43. The van der Waals surface area contributed by atoms with Gasteiger partial charge in [0.2, 0.25) is 0 Å². The van der Waals surface area contributed by atoms with E-state index >= 15 is 0 Å². The molecule has 130 valence electrons. The molecule has 2 atom stereocenters. The number of hydrogen-bond donors (Lipinski definition) is 1. The fourth-order valence-electron chi connectivity index (χ4n) is 2.94. The molecule has 0 bridgehead atoms. The van der Waals surface area contributed by atoms with Gasteiger partial charge in [0.05, 0.1) is 25.3 Å². The molecule has 2 aliphatic rings. The Balaban J connectivity index is 1.64. The van der Waals surface area contributed by atoms with Crippen molar-refractivity contribution in [2.24, 2.45) is 0 Å². The Labute approximate surface area is 141 Å². The molecule has 1 amide bonds. The molecule has 0 aromatic heterocycles. The van der Waals surface area contributed by atoms with Gasteiger partial charge >= 0.3 is 6.09 Å². The molecule has 5 nitrogen and oxygen atoms in total. The van der Waals surface area contributed by atoms with E-state index in [4.69, 9.17) is 9.47 Å². The van der Waals surface area contributed by atoms with Crippen LogP contribution in [0.2, 0.25) is 0 Å². The Hall–Kier alpha value is -1.92. The summed E-state index contributed by atoms with van der Waals surface area (Å²) in [6, 6.07) is 6.22. The third-order valence-electron chi connectivity index (χ3n) is 4.00. The highest BCUT2D eigenvalue weighted by atomic mass is 19.1. The van der Waals surface area contributed by atoms with Crippen molar-refractivity contribution >= 4 is 6.09 Å². The van der Waals surface area contributed by atoms with Gasteiger partial charge in [-0.05, 0) is 44.5 Å². The molecule has 1 saturated heterocycles. The van der Waals surface area contributed by atoms with Gasteiger partial charge in [0, 0.05) is 12.2 Å². The first-order valence-electron chi connectivity index (χ1n) is 8.13. The summed E-state index contributed by atoms with van der Waals surface area (Å²) in [6.07, 6.45) is 1.49. The number of amides is 1. The number of benzene rings is 1. The molecule has 24 heavy (non-hydrogen) atoms. The molecule has 3 rings (SSSR count). The van der Waals surface area contributed by atoms with Crippen molar-refractivity contribution in [1.82, 2.24) is 10.2 Å². The van der Waals surface area contributed by atoms with Gasteiger partial charge in [0.1, 0.15) is 11.4 Å². The first kappa shape index (κ1) is 16.9. The van der Waals surface area contributed by atoms with E-state index in [0.717, 1.165) is 11.3 Å². The van der Waals surface area contributed by atoms with Gasteiger partial charge in [0.25, 0.3) is 0 Å². The molecule has 2 unspecified atom stereocenters. The van der Waals surface area contributed by atoms with E-state index in [2.05, 4.69) is 5.32 Å². The first-order valence-corrected chi connectivity index (χ1v) is 8.13. The normalized spacial score (nSPS) is 23.2. The predicted molar refractivity (Wildman–Crippen MR) is 87.8 cm³/mol. The number of halogens is 1. The van der Waals surface area contributed by atoms with E-state index in [-0.39, 0.29) is 24.1 Å². The summed E-state index contributed by atoms with van der Waals surface area (Å²) in [5, 5.41) is 3.33. The number of likely N-dealkylation sites (tertiary alicyclic amines) is 1. The van der Waals surface area contributed by atoms with Crippen molar-refractivity contribution in [1.29, 1.82) is 0 Å². The second-order valence-electron chi connectivity index (χ2n) is 7.08. The number of hydrogen-bond acceptors (Lipinski definition) is 4. The molecule has 2 heterocycles. The molecule has 0 spiro atoms. The number of ether oxygens (including phenoxy) is 2. The standard InChI is InChI=1S/C18H23FN2O3/c1-18(2,3)24-17(22)21-10-15(16-14(21)8-9-20-16)23-11-12-4-6-13(19)7-5-12/h4-8,15-16,20H,9-11H2,1-3H3. The molecule has 1 aromatic rings. The Morgan fingerprint density at radius 3 is 2.71 bits per heavy atom. The van der Waals surface area contributed by atoms with Crippen molar-refractivity contribution in [3.63, 3.8) is 0 Å². The van der Waals surface area contributed by atoms with Gasteiger partial charge in [0.15, 0.2) is 0 Å². The quantitative estimate of drug-likeness (QED) is 0.923. The van der Waals surface area contributed by atoms with Crippen LogP contribution in [0.15, 0.2) is 36.0 Å². The average molecular weight is 334 g/mol. The zero-order chi connectivity index (χ0) is 17.3. The van der Waals surface area contributed by atoms with E-state index in [1.54, 1.807) is 17.0 Å². The summed E-state index contributed by atoms with van der Waals surface area (Å²) in [5.74, 6) is -0.265. The third-order valence-corrected chi connectivity index (χ3v) is 4.00. The second-order valence-corrected chi connectivity index (χ2v) is 7.08. The summed E-state index contributed by atoms with van der Waals surface area (Å²) in [6.45, 7) is 7.07. The number of rotatable bonds is 3. The smallest absolute Gasteiger partial charge is 0.414 e. The van der Waals surface area contributed by atoms with Crippen molar-refractivity contribution in [3.05, 3.63) is 47.4 Å².